The van der Waals surface area contributed by atoms with Gasteiger partial charge in [-0.25, -0.2) is 4.79 Å². The summed E-state index contributed by atoms with van der Waals surface area (Å²) in [4.78, 5) is 15.7. The number of carbonyl (C=O) groups is 1. The zero-order chi connectivity index (χ0) is 9.84. The quantitative estimate of drug-likeness (QED) is 0.866. The Bertz CT molecular complexity index is 317. The van der Waals surface area contributed by atoms with Crippen LogP contribution >= 0.6 is 15.9 Å². The lowest BCUT2D eigenvalue weighted by Gasteiger charge is -2.11. The summed E-state index contributed by atoms with van der Waals surface area (Å²) < 4.78 is 0.899. The third-order valence-corrected chi connectivity index (χ3v) is 2.00. The van der Waals surface area contributed by atoms with Crippen LogP contribution in [0.2, 0.25) is 0 Å². The maximum Gasteiger partial charge on any atom is 0.407 e. The standard InChI is InChI=1S/C8H9BrN2O2/c1-11(8(12)13)5-7-4-6(9)2-3-10-7/h2-4H,5H2,1H3,(H,12,13). The van der Waals surface area contributed by atoms with Crippen molar-refractivity contribution in [2.45, 2.75) is 6.54 Å². The van der Waals surface area contributed by atoms with Gasteiger partial charge in [0, 0.05) is 17.7 Å². The molecule has 1 rings (SSSR count). The molecular formula is C8H9BrN2O2. The Morgan fingerprint density at radius 2 is 2.46 bits per heavy atom. The highest BCUT2D eigenvalue weighted by atomic mass is 79.9. The van der Waals surface area contributed by atoms with Crippen LogP contribution in [0.25, 0.3) is 0 Å². The van der Waals surface area contributed by atoms with E-state index in [1.54, 1.807) is 18.3 Å². The van der Waals surface area contributed by atoms with Crippen LogP contribution in [0.3, 0.4) is 0 Å². The number of nitrogens with zero attached hydrogens (tertiary/aromatic N) is 2. The molecule has 0 aliphatic rings. The highest BCUT2D eigenvalue weighted by molar-refractivity contribution is 9.10. The highest BCUT2D eigenvalue weighted by Gasteiger charge is 2.06. The van der Waals surface area contributed by atoms with E-state index in [4.69, 9.17) is 5.11 Å². The molecule has 0 radical (unpaired) electrons. The van der Waals surface area contributed by atoms with Gasteiger partial charge in [0.25, 0.3) is 0 Å². The van der Waals surface area contributed by atoms with E-state index < -0.39 is 6.09 Å². The Hall–Kier alpha value is -1.10. The molecule has 0 saturated heterocycles. The molecule has 70 valence electrons. The van der Waals surface area contributed by atoms with E-state index in [1.165, 1.54) is 11.9 Å². The Kier molecular flexibility index (Phi) is 3.25. The lowest BCUT2D eigenvalue weighted by atomic mass is 10.3. The minimum Gasteiger partial charge on any atom is -0.465 e. The first-order valence-electron chi connectivity index (χ1n) is 3.64. The summed E-state index contributed by atoms with van der Waals surface area (Å²) in [6.07, 6.45) is 0.677. The van der Waals surface area contributed by atoms with Gasteiger partial charge in [0.2, 0.25) is 0 Å². The molecule has 0 unspecified atom stereocenters. The molecule has 0 bridgehead atoms. The number of amides is 1. The Labute approximate surface area is 84.3 Å². The van der Waals surface area contributed by atoms with Crippen LogP contribution in [0.4, 0.5) is 4.79 Å². The predicted octanol–water partition coefficient (Wildman–Crippen LogP) is 1.95. The maximum atomic E-state index is 10.5. The van der Waals surface area contributed by atoms with Crippen molar-refractivity contribution >= 4 is 22.0 Å². The number of halogens is 1. The molecule has 0 aliphatic heterocycles. The van der Waals surface area contributed by atoms with E-state index in [2.05, 4.69) is 20.9 Å². The summed E-state index contributed by atoms with van der Waals surface area (Å²) in [6.45, 7) is 0.300. The second-order valence-corrected chi connectivity index (χ2v) is 3.52. The van der Waals surface area contributed by atoms with E-state index >= 15 is 0 Å². The summed E-state index contributed by atoms with van der Waals surface area (Å²) in [5.74, 6) is 0. The first-order chi connectivity index (χ1) is 6.09. The van der Waals surface area contributed by atoms with Gasteiger partial charge in [-0.1, -0.05) is 15.9 Å². The second-order valence-electron chi connectivity index (χ2n) is 2.60. The molecule has 5 heteroatoms. The molecule has 13 heavy (non-hydrogen) atoms. The van der Waals surface area contributed by atoms with Gasteiger partial charge in [-0.15, -0.1) is 0 Å². The number of hydrogen-bond donors (Lipinski definition) is 1. The summed E-state index contributed by atoms with van der Waals surface area (Å²) >= 11 is 3.28. The van der Waals surface area contributed by atoms with Crippen molar-refractivity contribution in [1.29, 1.82) is 0 Å². The van der Waals surface area contributed by atoms with Crippen LogP contribution in [0, 0.1) is 0 Å². The van der Waals surface area contributed by atoms with Crippen molar-refractivity contribution in [3.63, 3.8) is 0 Å². The molecule has 1 amide bonds. The first kappa shape index (κ1) is 9.98. The van der Waals surface area contributed by atoms with Crippen molar-refractivity contribution in [2.24, 2.45) is 0 Å². The minimum absolute atomic E-state index is 0.300. The monoisotopic (exact) mass is 244 g/mol. The fraction of sp³-hybridized carbons (Fsp3) is 0.250. The van der Waals surface area contributed by atoms with Crippen LogP contribution in [0.15, 0.2) is 22.8 Å². The van der Waals surface area contributed by atoms with Crippen LogP contribution < -0.4 is 0 Å². The Morgan fingerprint density at radius 1 is 1.77 bits per heavy atom. The second kappa shape index (κ2) is 4.23. The van der Waals surface area contributed by atoms with Crippen molar-refractivity contribution in [1.82, 2.24) is 9.88 Å². The van der Waals surface area contributed by atoms with Gasteiger partial charge in [-0.3, -0.25) is 4.98 Å². The molecule has 1 heterocycles. The van der Waals surface area contributed by atoms with Gasteiger partial charge in [-0.2, -0.15) is 0 Å². The van der Waals surface area contributed by atoms with E-state index in [-0.39, 0.29) is 0 Å². The van der Waals surface area contributed by atoms with Gasteiger partial charge >= 0.3 is 6.09 Å². The van der Waals surface area contributed by atoms with E-state index in [9.17, 15) is 4.79 Å². The zero-order valence-electron chi connectivity index (χ0n) is 7.07. The van der Waals surface area contributed by atoms with E-state index in [1.807, 2.05) is 0 Å². The molecule has 1 aromatic heterocycles. The third-order valence-electron chi connectivity index (χ3n) is 1.50. The maximum absolute atomic E-state index is 10.5. The van der Waals surface area contributed by atoms with Gasteiger partial charge in [-0.05, 0) is 12.1 Å². The van der Waals surface area contributed by atoms with Gasteiger partial charge in [0.15, 0.2) is 0 Å². The topological polar surface area (TPSA) is 53.4 Å². The van der Waals surface area contributed by atoms with Crippen LogP contribution in [-0.2, 0) is 6.54 Å². The lowest BCUT2D eigenvalue weighted by Crippen LogP contribution is -2.24. The summed E-state index contributed by atoms with van der Waals surface area (Å²) in [5, 5.41) is 8.60. The van der Waals surface area contributed by atoms with Gasteiger partial charge in [0.05, 0.1) is 12.2 Å². The smallest absolute Gasteiger partial charge is 0.407 e. The first-order valence-corrected chi connectivity index (χ1v) is 4.43. The molecule has 4 nitrogen and oxygen atoms in total. The van der Waals surface area contributed by atoms with Gasteiger partial charge in [0.1, 0.15) is 0 Å². The normalized spacial score (nSPS) is 9.69. The molecule has 0 spiro atoms. The third kappa shape index (κ3) is 3.02. The lowest BCUT2D eigenvalue weighted by molar-refractivity contribution is 0.153. The highest BCUT2D eigenvalue weighted by Crippen LogP contribution is 2.10. The number of pyridine rings is 1. The Balaban J connectivity index is 2.69. The average molecular weight is 245 g/mol. The zero-order valence-corrected chi connectivity index (χ0v) is 8.65. The van der Waals surface area contributed by atoms with E-state index in [0.29, 0.717) is 6.54 Å². The van der Waals surface area contributed by atoms with Crippen molar-refractivity contribution in [3.8, 4) is 0 Å². The van der Waals surface area contributed by atoms with Crippen LogP contribution in [-0.4, -0.2) is 28.1 Å². The predicted molar refractivity (Wildman–Crippen MR) is 51.4 cm³/mol. The molecule has 0 saturated carbocycles. The number of hydrogen-bond acceptors (Lipinski definition) is 2. The number of rotatable bonds is 2. The molecule has 0 atom stereocenters. The molecule has 0 aliphatic carbocycles. The number of carboxylic acid groups (broad SMARTS) is 1. The van der Waals surface area contributed by atoms with Crippen molar-refractivity contribution in [2.75, 3.05) is 7.05 Å². The molecule has 0 fully saturated rings. The fourth-order valence-corrected chi connectivity index (χ4v) is 1.23. The molecule has 1 aromatic rings. The van der Waals surface area contributed by atoms with E-state index in [0.717, 1.165) is 10.2 Å². The minimum atomic E-state index is -0.957. The number of aromatic nitrogens is 1. The fourth-order valence-electron chi connectivity index (χ4n) is 0.846. The summed E-state index contributed by atoms with van der Waals surface area (Å²) in [6, 6.07) is 3.59. The largest absolute Gasteiger partial charge is 0.465 e. The van der Waals surface area contributed by atoms with Crippen LogP contribution in [0.1, 0.15) is 5.69 Å². The SMILES string of the molecule is CN(Cc1cc(Br)ccn1)C(=O)O. The van der Waals surface area contributed by atoms with Crippen molar-refractivity contribution < 1.29 is 9.90 Å². The van der Waals surface area contributed by atoms with Crippen LogP contribution in [0.5, 0.6) is 0 Å². The average Bonchev–Trinajstić information content (AvgIpc) is 2.04. The van der Waals surface area contributed by atoms with Gasteiger partial charge < -0.3 is 10.0 Å². The Morgan fingerprint density at radius 3 is 3.00 bits per heavy atom. The molecule has 0 aromatic carbocycles. The summed E-state index contributed by atoms with van der Waals surface area (Å²) in [5.41, 5.74) is 0.722. The van der Waals surface area contributed by atoms with Crippen molar-refractivity contribution in [3.05, 3.63) is 28.5 Å². The molecule has 1 N–H and O–H groups in total. The molecular weight excluding hydrogens is 236 g/mol. The summed E-state index contributed by atoms with van der Waals surface area (Å²) in [7, 11) is 1.50.